The van der Waals surface area contributed by atoms with Crippen molar-refractivity contribution in [3.05, 3.63) is 77.6 Å². The van der Waals surface area contributed by atoms with E-state index in [2.05, 4.69) is 13.5 Å². The predicted octanol–water partition coefficient (Wildman–Crippen LogP) is 8.25. The van der Waals surface area contributed by atoms with Gasteiger partial charge in [0.15, 0.2) is 11.6 Å². The van der Waals surface area contributed by atoms with Crippen molar-refractivity contribution in [1.82, 2.24) is 0 Å². The maximum atomic E-state index is 15.1. The van der Waals surface area contributed by atoms with Crippen LogP contribution < -0.4 is 0 Å². The van der Waals surface area contributed by atoms with Crippen LogP contribution in [0.3, 0.4) is 0 Å². The van der Waals surface area contributed by atoms with E-state index >= 15 is 4.39 Å². The average molecular weight is 394 g/mol. The lowest BCUT2D eigenvalue weighted by molar-refractivity contribution is 0.319. The molecule has 3 aromatic carbocycles. The second-order valence-corrected chi connectivity index (χ2v) is 8.07. The molecular weight excluding hydrogens is 369 g/mol. The van der Waals surface area contributed by atoms with Gasteiger partial charge in [0.2, 0.25) is 0 Å². The molecule has 3 heteroatoms. The summed E-state index contributed by atoms with van der Waals surface area (Å²) in [6, 6.07) is 12.5. The van der Waals surface area contributed by atoms with E-state index in [0.717, 1.165) is 5.92 Å². The Morgan fingerprint density at radius 1 is 0.897 bits per heavy atom. The van der Waals surface area contributed by atoms with Crippen LogP contribution in [0.4, 0.5) is 13.2 Å². The monoisotopic (exact) mass is 394 g/mol. The third-order valence-corrected chi connectivity index (χ3v) is 6.49. The molecule has 0 unspecified atom stereocenters. The Labute approximate surface area is 170 Å². The summed E-state index contributed by atoms with van der Waals surface area (Å²) in [5.74, 6) is -1.57. The van der Waals surface area contributed by atoms with Gasteiger partial charge in [-0.1, -0.05) is 62.4 Å². The minimum Gasteiger partial charge on any atom is -0.206 e. The second-order valence-electron chi connectivity index (χ2n) is 8.07. The van der Waals surface area contributed by atoms with E-state index in [1.807, 2.05) is 24.3 Å². The molecule has 0 atom stereocenters. The maximum Gasteiger partial charge on any atom is 0.170 e. The highest BCUT2D eigenvalue weighted by Gasteiger charge is 2.22. The van der Waals surface area contributed by atoms with Crippen molar-refractivity contribution in [3.63, 3.8) is 0 Å². The quantitative estimate of drug-likeness (QED) is 0.418. The highest BCUT2D eigenvalue weighted by atomic mass is 19.2. The van der Waals surface area contributed by atoms with Crippen LogP contribution >= 0.6 is 0 Å². The number of hydrogen-bond donors (Lipinski definition) is 0. The Morgan fingerprint density at radius 2 is 1.59 bits per heavy atom. The summed E-state index contributed by atoms with van der Waals surface area (Å²) in [4.78, 5) is 0. The Morgan fingerprint density at radius 3 is 2.21 bits per heavy atom. The first-order valence-corrected chi connectivity index (χ1v) is 10.4. The van der Waals surface area contributed by atoms with Gasteiger partial charge in [-0.15, -0.1) is 0 Å². The molecule has 0 aromatic heterocycles. The summed E-state index contributed by atoms with van der Waals surface area (Å²) >= 11 is 0. The Hall–Kier alpha value is -2.55. The number of halogens is 3. The van der Waals surface area contributed by atoms with Gasteiger partial charge in [0.1, 0.15) is 5.82 Å². The third kappa shape index (κ3) is 3.59. The molecule has 0 aliphatic heterocycles. The van der Waals surface area contributed by atoms with E-state index in [9.17, 15) is 8.78 Å². The zero-order valence-corrected chi connectivity index (χ0v) is 16.7. The molecule has 1 fully saturated rings. The topological polar surface area (TPSA) is 0 Å². The molecule has 0 radical (unpaired) electrons. The van der Waals surface area contributed by atoms with Gasteiger partial charge in [-0.25, -0.2) is 13.2 Å². The lowest BCUT2D eigenvalue weighted by Gasteiger charge is -2.28. The van der Waals surface area contributed by atoms with Crippen molar-refractivity contribution in [2.45, 2.75) is 44.9 Å². The van der Waals surface area contributed by atoms with E-state index in [4.69, 9.17) is 0 Å². The van der Waals surface area contributed by atoms with Crippen LogP contribution in [-0.2, 0) is 0 Å². The Balaban J connectivity index is 1.67. The largest absolute Gasteiger partial charge is 0.206 e. The van der Waals surface area contributed by atoms with Gasteiger partial charge < -0.3 is 0 Å². The highest BCUT2D eigenvalue weighted by molar-refractivity contribution is 5.90. The maximum absolute atomic E-state index is 15.1. The van der Waals surface area contributed by atoms with Crippen molar-refractivity contribution in [2.75, 3.05) is 0 Å². The van der Waals surface area contributed by atoms with Gasteiger partial charge in [-0.3, -0.25) is 0 Å². The van der Waals surface area contributed by atoms with Gasteiger partial charge in [0.05, 0.1) is 5.39 Å². The summed E-state index contributed by atoms with van der Waals surface area (Å²) in [6.45, 7) is 5.74. The van der Waals surface area contributed by atoms with Crippen LogP contribution in [-0.4, -0.2) is 0 Å². The number of rotatable bonds is 4. The number of hydrogen-bond acceptors (Lipinski definition) is 0. The van der Waals surface area contributed by atoms with E-state index in [1.54, 1.807) is 12.1 Å². The molecule has 29 heavy (non-hydrogen) atoms. The first kappa shape index (κ1) is 19.8. The van der Waals surface area contributed by atoms with Crippen molar-refractivity contribution in [1.29, 1.82) is 0 Å². The van der Waals surface area contributed by atoms with Crippen LogP contribution in [0.15, 0.2) is 49.0 Å². The molecule has 0 bridgehead atoms. The zero-order valence-electron chi connectivity index (χ0n) is 16.7. The summed E-state index contributed by atoms with van der Waals surface area (Å²) in [5, 5.41) is 0.0110. The van der Waals surface area contributed by atoms with E-state index in [0.29, 0.717) is 16.9 Å². The standard InChI is InChI=1S/C26H25F3/c1-3-16-5-7-18(8-6-16)19-9-11-20(12-10-19)22-14-13-21-15-17(4-2)24(27)26(29)23(21)25(22)28/h4,9-16,18H,2-3,5-8H2,1H3. The summed E-state index contributed by atoms with van der Waals surface area (Å²) < 4.78 is 43.8. The fraction of sp³-hybridized carbons (Fsp3) is 0.308. The second kappa shape index (κ2) is 8.06. The summed E-state index contributed by atoms with van der Waals surface area (Å²) in [6.07, 6.45) is 7.39. The van der Waals surface area contributed by atoms with Crippen LogP contribution in [0, 0.1) is 23.4 Å². The zero-order chi connectivity index (χ0) is 20.5. The molecule has 1 saturated carbocycles. The smallest absolute Gasteiger partial charge is 0.170 e. The third-order valence-electron chi connectivity index (χ3n) is 6.49. The van der Waals surface area contributed by atoms with Gasteiger partial charge in [-0.2, -0.15) is 0 Å². The first-order chi connectivity index (χ1) is 14.0. The normalized spacial score (nSPS) is 19.4. The van der Waals surface area contributed by atoms with E-state index in [1.165, 1.54) is 49.8 Å². The molecule has 0 amide bonds. The van der Waals surface area contributed by atoms with Crippen molar-refractivity contribution < 1.29 is 13.2 Å². The van der Waals surface area contributed by atoms with Crippen molar-refractivity contribution in [2.24, 2.45) is 5.92 Å². The molecule has 4 rings (SSSR count). The van der Waals surface area contributed by atoms with Crippen LogP contribution in [0.1, 0.15) is 56.1 Å². The molecule has 150 valence electrons. The van der Waals surface area contributed by atoms with Gasteiger partial charge in [0, 0.05) is 11.1 Å². The molecule has 1 aliphatic carbocycles. The number of benzene rings is 3. The van der Waals surface area contributed by atoms with Crippen LogP contribution in [0.25, 0.3) is 28.0 Å². The van der Waals surface area contributed by atoms with Gasteiger partial charge in [0.25, 0.3) is 0 Å². The van der Waals surface area contributed by atoms with Crippen molar-refractivity contribution in [3.8, 4) is 11.1 Å². The lowest BCUT2D eigenvalue weighted by Crippen LogP contribution is -2.12. The number of fused-ring (bicyclic) bond motifs is 1. The van der Waals surface area contributed by atoms with E-state index < -0.39 is 17.5 Å². The fourth-order valence-electron chi connectivity index (χ4n) is 4.61. The Kier molecular flexibility index (Phi) is 5.49. The Bertz CT molecular complexity index is 1040. The molecule has 3 aromatic rings. The highest BCUT2D eigenvalue weighted by Crippen LogP contribution is 2.38. The molecule has 0 N–H and O–H groups in total. The van der Waals surface area contributed by atoms with Crippen LogP contribution in [0.5, 0.6) is 0 Å². The van der Waals surface area contributed by atoms with Crippen LogP contribution in [0.2, 0.25) is 0 Å². The average Bonchev–Trinajstić information content (AvgIpc) is 2.76. The molecule has 1 aliphatic rings. The minimum atomic E-state index is -1.17. The fourth-order valence-corrected chi connectivity index (χ4v) is 4.61. The summed E-state index contributed by atoms with van der Waals surface area (Å²) in [5.41, 5.74) is 2.26. The van der Waals surface area contributed by atoms with Crippen molar-refractivity contribution >= 4 is 16.8 Å². The first-order valence-electron chi connectivity index (χ1n) is 10.4. The molecule has 0 spiro atoms. The SMILES string of the molecule is C=Cc1cc2ccc(-c3ccc(C4CCC(CC)CC4)cc3)c(F)c2c(F)c1F. The predicted molar refractivity (Wildman–Crippen MR) is 114 cm³/mol. The molecule has 0 heterocycles. The van der Waals surface area contributed by atoms with Gasteiger partial charge >= 0.3 is 0 Å². The van der Waals surface area contributed by atoms with Gasteiger partial charge in [-0.05, 0) is 60.1 Å². The molecule has 0 nitrogen and oxygen atoms in total. The minimum absolute atomic E-state index is 0.0318. The molecular formula is C26H25F3. The summed E-state index contributed by atoms with van der Waals surface area (Å²) in [7, 11) is 0. The lowest BCUT2D eigenvalue weighted by atomic mass is 9.77. The van der Waals surface area contributed by atoms with E-state index in [-0.39, 0.29) is 16.5 Å². The molecule has 0 saturated heterocycles.